The number of carbonyl (C=O) groups excluding carboxylic acids is 1. The molecule has 18 heavy (non-hydrogen) atoms. The monoisotopic (exact) mass is 257 g/mol. The van der Waals surface area contributed by atoms with Crippen molar-refractivity contribution in [2.45, 2.75) is 52.0 Å². The van der Waals surface area contributed by atoms with Gasteiger partial charge >= 0.3 is 0 Å². The second-order valence-corrected chi connectivity index (χ2v) is 5.89. The first-order valence-corrected chi connectivity index (χ1v) is 6.95. The largest absolute Gasteiger partial charge is 0.394 e. The standard InChI is InChI=1S/C14H27NO3/c1-11(2)8-14(6-4-5-7-14)13(17)15-12(9-16)10-18-3/h11-12,16H,4-10H2,1-3H3,(H,15,17). The third-order valence-corrected chi connectivity index (χ3v) is 3.76. The molecule has 4 nitrogen and oxygen atoms in total. The Morgan fingerprint density at radius 2 is 2.00 bits per heavy atom. The van der Waals surface area contributed by atoms with Crippen LogP contribution in [0.5, 0.6) is 0 Å². The number of hydrogen-bond acceptors (Lipinski definition) is 3. The van der Waals surface area contributed by atoms with Crippen LogP contribution < -0.4 is 5.32 Å². The minimum Gasteiger partial charge on any atom is -0.394 e. The Hall–Kier alpha value is -0.610. The summed E-state index contributed by atoms with van der Waals surface area (Å²) in [5, 5.41) is 12.2. The first-order valence-electron chi connectivity index (χ1n) is 6.95. The molecule has 0 radical (unpaired) electrons. The minimum absolute atomic E-state index is 0.0721. The molecule has 1 aliphatic rings. The Morgan fingerprint density at radius 1 is 1.39 bits per heavy atom. The molecule has 1 atom stereocenters. The van der Waals surface area contributed by atoms with Crippen molar-refractivity contribution in [3.63, 3.8) is 0 Å². The summed E-state index contributed by atoms with van der Waals surface area (Å²) in [4.78, 5) is 12.5. The van der Waals surface area contributed by atoms with Crippen LogP contribution in [-0.4, -0.2) is 37.4 Å². The van der Waals surface area contributed by atoms with Crippen LogP contribution in [-0.2, 0) is 9.53 Å². The molecule has 0 aromatic carbocycles. The van der Waals surface area contributed by atoms with Gasteiger partial charge in [0.1, 0.15) is 0 Å². The van der Waals surface area contributed by atoms with Gasteiger partial charge in [-0.3, -0.25) is 4.79 Å². The molecule has 0 saturated heterocycles. The molecule has 1 rings (SSSR count). The van der Waals surface area contributed by atoms with Crippen molar-refractivity contribution < 1.29 is 14.6 Å². The van der Waals surface area contributed by atoms with Crippen LogP contribution in [0.25, 0.3) is 0 Å². The third-order valence-electron chi connectivity index (χ3n) is 3.76. The lowest BCUT2D eigenvalue weighted by Crippen LogP contribution is -2.48. The number of aliphatic hydroxyl groups excluding tert-OH is 1. The summed E-state index contributed by atoms with van der Waals surface area (Å²) in [6.07, 6.45) is 5.15. The van der Waals surface area contributed by atoms with E-state index >= 15 is 0 Å². The Labute approximate surface area is 110 Å². The predicted molar refractivity (Wildman–Crippen MR) is 71.2 cm³/mol. The van der Waals surface area contributed by atoms with Gasteiger partial charge in [0.25, 0.3) is 0 Å². The number of rotatable bonds is 7. The summed E-state index contributed by atoms with van der Waals surface area (Å²) in [5.41, 5.74) is -0.213. The second kappa shape index (κ2) is 7.10. The molecule has 0 heterocycles. The van der Waals surface area contributed by atoms with Gasteiger partial charge < -0.3 is 15.2 Å². The highest BCUT2D eigenvalue weighted by atomic mass is 16.5. The molecule has 1 saturated carbocycles. The summed E-state index contributed by atoms with van der Waals surface area (Å²) in [6, 6.07) is -0.285. The van der Waals surface area contributed by atoms with E-state index in [-0.39, 0.29) is 24.0 Å². The van der Waals surface area contributed by atoms with E-state index in [0.29, 0.717) is 12.5 Å². The SMILES string of the molecule is COCC(CO)NC(=O)C1(CC(C)C)CCCC1. The Kier molecular flexibility index (Phi) is 6.09. The maximum absolute atomic E-state index is 12.5. The minimum atomic E-state index is -0.285. The number of ether oxygens (including phenoxy) is 1. The van der Waals surface area contributed by atoms with Crippen LogP contribution in [0.2, 0.25) is 0 Å². The topological polar surface area (TPSA) is 58.6 Å². The van der Waals surface area contributed by atoms with Gasteiger partial charge in [-0.25, -0.2) is 0 Å². The quantitative estimate of drug-likeness (QED) is 0.730. The van der Waals surface area contributed by atoms with Crippen LogP contribution in [0.4, 0.5) is 0 Å². The van der Waals surface area contributed by atoms with Gasteiger partial charge in [-0.1, -0.05) is 26.7 Å². The van der Waals surface area contributed by atoms with Gasteiger partial charge in [-0.2, -0.15) is 0 Å². The zero-order valence-electron chi connectivity index (χ0n) is 11.9. The normalized spacial score (nSPS) is 20.1. The molecule has 1 amide bonds. The van der Waals surface area contributed by atoms with Crippen molar-refractivity contribution in [2.75, 3.05) is 20.3 Å². The fourth-order valence-corrected chi connectivity index (χ4v) is 3.04. The Bertz CT molecular complexity index is 260. The number of hydrogen-bond donors (Lipinski definition) is 2. The van der Waals surface area contributed by atoms with Crippen molar-refractivity contribution >= 4 is 5.91 Å². The Balaban J connectivity index is 2.65. The lowest BCUT2D eigenvalue weighted by atomic mass is 9.77. The summed E-state index contributed by atoms with van der Waals surface area (Å²) < 4.78 is 5.00. The van der Waals surface area contributed by atoms with Gasteiger partial charge in [0.05, 0.1) is 19.3 Å². The molecule has 0 spiro atoms. The third kappa shape index (κ3) is 3.95. The van der Waals surface area contributed by atoms with E-state index in [0.717, 1.165) is 32.1 Å². The van der Waals surface area contributed by atoms with Gasteiger partial charge in [0.2, 0.25) is 5.91 Å². The molecular formula is C14H27NO3. The molecule has 1 unspecified atom stereocenters. The van der Waals surface area contributed by atoms with E-state index in [4.69, 9.17) is 4.74 Å². The molecule has 0 aromatic heterocycles. The summed E-state index contributed by atoms with van der Waals surface area (Å²) in [5.74, 6) is 0.619. The van der Waals surface area contributed by atoms with E-state index in [1.807, 2.05) is 0 Å². The molecular weight excluding hydrogens is 230 g/mol. The lowest BCUT2D eigenvalue weighted by Gasteiger charge is -2.31. The zero-order chi connectivity index (χ0) is 13.6. The average molecular weight is 257 g/mol. The molecule has 0 aromatic rings. The Morgan fingerprint density at radius 3 is 2.44 bits per heavy atom. The van der Waals surface area contributed by atoms with Crippen LogP contribution in [0.15, 0.2) is 0 Å². The number of nitrogens with one attached hydrogen (secondary N) is 1. The molecule has 4 heteroatoms. The fourth-order valence-electron chi connectivity index (χ4n) is 3.04. The highest BCUT2D eigenvalue weighted by molar-refractivity contribution is 5.83. The van der Waals surface area contributed by atoms with Crippen LogP contribution in [0.3, 0.4) is 0 Å². The van der Waals surface area contributed by atoms with E-state index in [1.54, 1.807) is 7.11 Å². The van der Waals surface area contributed by atoms with Gasteiger partial charge in [0.15, 0.2) is 0 Å². The van der Waals surface area contributed by atoms with E-state index in [9.17, 15) is 9.90 Å². The van der Waals surface area contributed by atoms with Crippen molar-refractivity contribution in [1.29, 1.82) is 0 Å². The molecule has 106 valence electrons. The second-order valence-electron chi connectivity index (χ2n) is 5.89. The first kappa shape index (κ1) is 15.4. The van der Waals surface area contributed by atoms with Crippen molar-refractivity contribution in [2.24, 2.45) is 11.3 Å². The van der Waals surface area contributed by atoms with Crippen LogP contribution in [0, 0.1) is 11.3 Å². The summed E-state index contributed by atoms with van der Waals surface area (Å²) in [7, 11) is 1.58. The van der Waals surface area contributed by atoms with E-state index in [2.05, 4.69) is 19.2 Å². The highest BCUT2D eigenvalue weighted by Crippen LogP contribution is 2.43. The fraction of sp³-hybridized carbons (Fsp3) is 0.929. The van der Waals surface area contributed by atoms with Crippen LogP contribution in [0.1, 0.15) is 46.0 Å². The summed E-state index contributed by atoms with van der Waals surface area (Å²) >= 11 is 0. The summed E-state index contributed by atoms with van der Waals surface area (Å²) in [6.45, 7) is 4.61. The maximum Gasteiger partial charge on any atom is 0.226 e. The van der Waals surface area contributed by atoms with E-state index in [1.165, 1.54) is 0 Å². The zero-order valence-corrected chi connectivity index (χ0v) is 11.9. The molecule has 0 aliphatic heterocycles. The average Bonchev–Trinajstić information content (AvgIpc) is 2.77. The van der Waals surface area contributed by atoms with Crippen LogP contribution >= 0.6 is 0 Å². The van der Waals surface area contributed by atoms with Gasteiger partial charge in [0, 0.05) is 12.5 Å². The van der Waals surface area contributed by atoms with Crippen molar-refractivity contribution in [3.8, 4) is 0 Å². The molecule has 1 fully saturated rings. The maximum atomic E-state index is 12.5. The molecule has 1 aliphatic carbocycles. The lowest BCUT2D eigenvalue weighted by molar-refractivity contribution is -0.133. The first-order chi connectivity index (χ1) is 8.54. The number of methoxy groups -OCH3 is 1. The smallest absolute Gasteiger partial charge is 0.226 e. The number of carbonyl (C=O) groups is 1. The van der Waals surface area contributed by atoms with Gasteiger partial charge in [-0.15, -0.1) is 0 Å². The molecule has 0 bridgehead atoms. The molecule has 2 N–H and O–H groups in total. The van der Waals surface area contributed by atoms with Crippen molar-refractivity contribution in [3.05, 3.63) is 0 Å². The van der Waals surface area contributed by atoms with E-state index < -0.39 is 0 Å². The van der Waals surface area contributed by atoms with Crippen molar-refractivity contribution in [1.82, 2.24) is 5.32 Å². The number of amides is 1. The van der Waals surface area contributed by atoms with Gasteiger partial charge in [-0.05, 0) is 25.2 Å². The predicted octanol–water partition coefficient (Wildman–Crippen LogP) is 1.72. The number of aliphatic hydroxyl groups is 1. The highest BCUT2D eigenvalue weighted by Gasteiger charge is 2.41.